The lowest BCUT2D eigenvalue weighted by Crippen LogP contribution is -2.55. The molecule has 2 fully saturated rings. The highest BCUT2D eigenvalue weighted by Crippen LogP contribution is 2.29. The van der Waals surface area contributed by atoms with Crippen LogP contribution in [0.4, 0.5) is 0 Å². The van der Waals surface area contributed by atoms with Crippen LogP contribution in [0.1, 0.15) is 26.7 Å². The number of hydrogen-bond acceptors (Lipinski definition) is 4. The van der Waals surface area contributed by atoms with Crippen LogP contribution in [-0.4, -0.2) is 60.3 Å². The van der Waals surface area contributed by atoms with Crippen LogP contribution in [0.15, 0.2) is 0 Å². The highest BCUT2D eigenvalue weighted by atomic mass is 32.2. The monoisotopic (exact) mass is 307 g/mol. The number of thioether (sulfide) groups is 1. The fourth-order valence-electron chi connectivity index (χ4n) is 2.81. The molecular weight excluding hydrogens is 282 g/mol. The standard InChI is InChI=1S/C12H25N3O2S2/c1-10-11(2)18-7-6-15(10)19(16,17)14-5-3-4-12(8-13)9-14/h10-12H,3-9,13H2,1-2H3. The van der Waals surface area contributed by atoms with E-state index in [0.717, 1.165) is 18.6 Å². The molecule has 2 heterocycles. The molecule has 2 saturated heterocycles. The summed E-state index contributed by atoms with van der Waals surface area (Å²) in [5.74, 6) is 1.20. The van der Waals surface area contributed by atoms with E-state index in [1.807, 2.05) is 18.7 Å². The zero-order valence-corrected chi connectivity index (χ0v) is 13.4. The van der Waals surface area contributed by atoms with Crippen molar-refractivity contribution in [1.82, 2.24) is 8.61 Å². The lowest BCUT2D eigenvalue weighted by Gasteiger charge is -2.41. The molecule has 112 valence electrons. The number of piperidine rings is 1. The molecule has 0 aromatic heterocycles. The minimum atomic E-state index is -3.31. The van der Waals surface area contributed by atoms with Crippen LogP contribution >= 0.6 is 11.8 Å². The molecule has 0 saturated carbocycles. The number of nitrogens with two attached hydrogens (primary N) is 1. The topological polar surface area (TPSA) is 66.6 Å². The summed E-state index contributed by atoms with van der Waals surface area (Å²) in [5.41, 5.74) is 5.70. The molecule has 0 aliphatic carbocycles. The Morgan fingerprint density at radius 2 is 2.05 bits per heavy atom. The zero-order valence-electron chi connectivity index (χ0n) is 11.8. The van der Waals surface area contributed by atoms with Crippen molar-refractivity contribution in [1.29, 1.82) is 0 Å². The highest BCUT2D eigenvalue weighted by molar-refractivity contribution is 8.00. The summed E-state index contributed by atoms with van der Waals surface area (Å²) in [6.07, 6.45) is 1.97. The first-order valence-electron chi connectivity index (χ1n) is 7.05. The Hall–Kier alpha value is 0.180. The van der Waals surface area contributed by atoms with Crippen LogP contribution < -0.4 is 5.73 Å². The van der Waals surface area contributed by atoms with E-state index in [1.54, 1.807) is 8.61 Å². The van der Waals surface area contributed by atoms with Crippen molar-refractivity contribution in [2.75, 3.05) is 31.9 Å². The lowest BCUT2D eigenvalue weighted by molar-refractivity contribution is 0.238. The molecule has 2 aliphatic heterocycles. The minimum Gasteiger partial charge on any atom is -0.330 e. The van der Waals surface area contributed by atoms with Crippen molar-refractivity contribution < 1.29 is 8.42 Å². The Bertz CT molecular complexity index is 402. The van der Waals surface area contributed by atoms with Gasteiger partial charge in [-0.05, 0) is 32.2 Å². The van der Waals surface area contributed by atoms with Crippen molar-refractivity contribution >= 4 is 22.0 Å². The summed E-state index contributed by atoms with van der Waals surface area (Å²) in [5, 5.41) is 0.360. The predicted molar refractivity (Wildman–Crippen MR) is 80.4 cm³/mol. The van der Waals surface area contributed by atoms with Gasteiger partial charge in [-0.1, -0.05) is 6.92 Å². The Labute approximate surface area is 121 Å². The van der Waals surface area contributed by atoms with Gasteiger partial charge in [0.05, 0.1) is 0 Å². The molecular formula is C12H25N3O2S2. The third kappa shape index (κ3) is 3.26. The lowest BCUT2D eigenvalue weighted by atomic mass is 10.0. The van der Waals surface area contributed by atoms with E-state index in [9.17, 15) is 8.42 Å². The van der Waals surface area contributed by atoms with Gasteiger partial charge in [-0.3, -0.25) is 0 Å². The first-order valence-corrected chi connectivity index (χ1v) is 9.50. The minimum absolute atomic E-state index is 0.0713. The van der Waals surface area contributed by atoms with E-state index in [4.69, 9.17) is 5.73 Å². The Morgan fingerprint density at radius 1 is 1.32 bits per heavy atom. The van der Waals surface area contributed by atoms with E-state index in [0.29, 0.717) is 37.3 Å². The summed E-state index contributed by atoms with van der Waals surface area (Å²) >= 11 is 1.85. The fourth-order valence-corrected chi connectivity index (χ4v) is 6.08. The van der Waals surface area contributed by atoms with Crippen LogP contribution in [0.3, 0.4) is 0 Å². The van der Waals surface area contributed by atoms with E-state index >= 15 is 0 Å². The van der Waals surface area contributed by atoms with E-state index in [2.05, 4.69) is 6.92 Å². The maximum absolute atomic E-state index is 12.8. The van der Waals surface area contributed by atoms with Crippen molar-refractivity contribution in [3.63, 3.8) is 0 Å². The van der Waals surface area contributed by atoms with Gasteiger partial charge in [-0.25, -0.2) is 0 Å². The largest absolute Gasteiger partial charge is 0.330 e. The fraction of sp³-hybridized carbons (Fsp3) is 1.00. The van der Waals surface area contributed by atoms with Gasteiger partial charge in [0, 0.05) is 36.7 Å². The quantitative estimate of drug-likeness (QED) is 0.834. The summed E-state index contributed by atoms with van der Waals surface area (Å²) in [4.78, 5) is 0. The Kier molecular flexibility index (Phi) is 5.16. The molecule has 3 atom stereocenters. The number of rotatable bonds is 3. The van der Waals surface area contributed by atoms with Gasteiger partial charge in [-0.15, -0.1) is 0 Å². The van der Waals surface area contributed by atoms with Gasteiger partial charge in [-0.2, -0.15) is 28.8 Å². The molecule has 2 rings (SSSR count). The van der Waals surface area contributed by atoms with Crippen molar-refractivity contribution in [2.24, 2.45) is 11.7 Å². The van der Waals surface area contributed by atoms with Crippen LogP contribution in [0.25, 0.3) is 0 Å². The summed E-state index contributed by atoms with van der Waals surface area (Å²) in [6, 6.07) is 0.0713. The molecule has 2 aliphatic rings. The molecule has 0 radical (unpaired) electrons. The molecule has 0 spiro atoms. The number of hydrogen-bond donors (Lipinski definition) is 1. The van der Waals surface area contributed by atoms with E-state index < -0.39 is 10.2 Å². The Morgan fingerprint density at radius 3 is 2.74 bits per heavy atom. The maximum atomic E-state index is 12.8. The van der Waals surface area contributed by atoms with Gasteiger partial charge in [0.2, 0.25) is 0 Å². The maximum Gasteiger partial charge on any atom is 0.282 e. The second-order valence-corrected chi connectivity index (χ2v) is 8.90. The summed E-state index contributed by atoms with van der Waals surface area (Å²) in [7, 11) is -3.31. The molecule has 3 unspecified atom stereocenters. The zero-order chi connectivity index (χ0) is 14.0. The molecule has 5 nitrogen and oxygen atoms in total. The molecule has 7 heteroatoms. The van der Waals surface area contributed by atoms with Crippen molar-refractivity contribution in [2.45, 2.75) is 38.0 Å². The van der Waals surface area contributed by atoms with E-state index in [-0.39, 0.29) is 6.04 Å². The van der Waals surface area contributed by atoms with Crippen LogP contribution in [0.2, 0.25) is 0 Å². The molecule has 0 aromatic rings. The third-order valence-electron chi connectivity index (χ3n) is 4.26. The first kappa shape index (κ1) is 15.6. The summed E-state index contributed by atoms with van der Waals surface area (Å²) in [6.45, 7) is 6.55. The van der Waals surface area contributed by atoms with Crippen molar-refractivity contribution in [3.05, 3.63) is 0 Å². The first-order chi connectivity index (χ1) is 8.96. The van der Waals surface area contributed by atoms with Crippen LogP contribution in [0, 0.1) is 5.92 Å². The van der Waals surface area contributed by atoms with E-state index in [1.165, 1.54) is 0 Å². The SMILES string of the molecule is CC1SCCN(S(=O)(=O)N2CCCC(CN)C2)C1C. The van der Waals surface area contributed by atoms with Gasteiger partial charge in [0.25, 0.3) is 10.2 Å². The normalized spacial score (nSPS) is 35.4. The second kappa shape index (κ2) is 6.30. The summed E-state index contributed by atoms with van der Waals surface area (Å²) < 4.78 is 28.9. The van der Waals surface area contributed by atoms with Gasteiger partial charge in [0.1, 0.15) is 0 Å². The molecule has 0 bridgehead atoms. The molecule has 0 aromatic carbocycles. The highest BCUT2D eigenvalue weighted by Gasteiger charge is 2.39. The van der Waals surface area contributed by atoms with Crippen LogP contribution in [0.5, 0.6) is 0 Å². The molecule has 0 amide bonds. The van der Waals surface area contributed by atoms with Gasteiger partial charge < -0.3 is 5.73 Å². The van der Waals surface area contributed by atoms with Gasteiger partial charge >= 0.3 is 0 Å². The third-order valence-corrected chi connectivity index (χ3v) is 7.69. The second-order valence-electron chi connectivity index (χ2n) is 5.54. The Balaban J connectivity index is 2.12. The van der Waals surface area contributed by atoms with Gasteiger partial charge in [0.15, 0.2) is 0 Å². The smallest absolute Gasteiger partial charge is 0.282 e. The number of nitrogens with zero attached hydrogens (tertiary/aromatic N) is 2. The molecule has 19 heavy (non-hydrogen) atoms. The predicted octanol–water partition coefficient (Wildman–Crippen LogP) is 0.728. The average Bonchev–Trinajstić information content (AvgIpc) is 2.41. The molecule has 2 N–H and O–H groups in total. The average molecular weight is 307 g/mol. The van der Waals surface area contributed by atoms with Crippen LogP contribution in [-0.2, 0) is 10.2 Å². The van der Waals surface area contributed by atoms with Crippen molar-refractivity contribution in [3.8, 4) is 0 Å².